The number of aromatic nitrogens is 1. The molecule has 0 aliphatic carbocycles. The molecule has 0 saturated carbocycles. The number of benzene rings is 1. The number of ether oxygens (including phenoxy) is 2. The number of primary amides is 1. The summed E-state index contributed by atoms with van der Waals surface area (Å²) in [6.07, 6.45) is -5.71. The lowest BCUT2D eigenvalue weighted by atomic mass is 9.77. The number of amides is 2. The van der Waals surface area contributed by atoms with Gasteiger partial charge in [0, 0.05) is 29.3 Å². The number of halogens is 5. The van der Waals surface area contributed by atoms with Crippen LogP contribution in [0.2, 0.25) is 0 Å². The van der Waals surface area contributed by atoms with E-state index in [4.69, 9.17) is 16.6 Å². The van der Waals surface area contributed by atoms with Gasteiger partial charge in [-0.2, -0.15) is 17.6 Å². The quantitative estimate of drug-likeness (QED) is 0.646. The van der Waals surface area contributed by atoms with Crippen molar-refractivity contribution in [3.05, 3.63) is 53.3 Å². The van der Waals surface area contributed by atoms with E-state index < -0.39 is 70.7 Å². The first-order valence-corrected chi connectivity index (χ1v) is 9.57. The normalized spacial score (nSPS) is 25.5. The van der Waals surface area contributed by atoms with Gasteiger partial charge in [-0.1, -0.05) is 13.0 Å². The van der Waals surface area contributed by atoms with E-state index >= 15 is 0 Å². The van der Waals surface area contributed by atoms with E-state index in [1.54, 1.807) is 0 Å². The maximum atomic E-state index is 14.4. The fourth-order valence-corrected chi connectivity index (χ4v) is 3.83. The van der Waals surface area contributed by atoms with Gasteiger partial charge in [-0.15, -0.1) is 0 Å². The number of rotatable bonds is 5. The zero-order valence-corrected chi connectivity index (χ0v) is 17.6. The van der Waals surface area contributed by atoms with Crippen molar-refractivity contribution in [3.8, 4) is 5.75 Å². The number of hydrogen-bond acceptors (Lipinski definition) is 5. The van der Waals surface area contributed by atoms with E-state index in [0.29, 0.717) is 6.07 Å². The van der Waals surface area contributed by atoms with Crippen molar-refractivity contribution in [3.63, 3.8) is 0 Å². The van der Waals surface area contributed by atoms with Gasteiger partial charge in [0.2, 0.25) is 5.82 Å². The summed E-state index contributed by atoms with van der Waals surface area (Å²) in [6.45, 7) is 1.91. The van der Waals surface area contributed by atoms with Crippen molar-refractivity contribution < 1.29 is 42.4 Å². The van der Waals surface area contributed by atoms with Crippen LogP contribution in [-0.2, 0) is 9.53 Å². The van der Waals surface area contributed by atoms with Crippen LogP contribution in [0.5, 0.6) is 5.75 Å². The highest BCUT2D eigenvalue weighted by atomic mass is 19.4. The summed E-state index contributed by atoms with van der Waals surface area (Å²) in [7, 11) is 1.01. The molecule has 4 atom stereocenters. The van der Waals surface area contributed by atoms with Crippen LogP contribution in [0.4, 0.5) is 27.6 Å². The molecular formula is C21H20F5N3O4. The largest absolute Gasteiger partial charge is 0.493 e. The molecule has 2 heterocycles. The van der Waals surface area contributed by atoms with Gasteiger partial charge in [0.15, 0.2) is 17.2 Å². The minimum Gasteiger partial charge on any atom is -0.493 e. The average molecular weight is 474 g/mol. The van der Waals surface area contributed by atoms with Gasteiger partial charge in [-0.3, -0.25) is 14.6 Å². The molecule has 33 heavy (non-hydrogen) atoms. The van der Waals surface area contributed by atoms with Crippen LogP contribution < -0.4 is 15.8 Å². The van der Waals surface area contributed by atoms with E-state index in [1.165, 1.54) is 6.92 Å². The molecule has 1 aromatic carbocycles. The first-order valence-electron chi connectivity index (χ1n) is 10.1. The van der Waals surface area contributed by atoms with Crippen LogP contribution in [0.3, 0.4) is 0 Å². The van der Waals surface area contributed by atoms with Gasteiger partial charge in [0.1, 0.15) is 11.8 Å². The zero-order chi connectivity index (χ0) is 25.6. The zero-order valence-electron chi connectivity index (χ0n) is 18.6. The summed E-state index contributed by atoms with van der Waals surface area (Å²) >= 11 is 0. The number of anilines is 1. The molecule has 0 radical (unpaired) electrons. The average Bonchev–Trinajstić information content (AvgIpc) is 3.03. The Kier molecular flexibility index (Phi) is 5.95. The Labute approximate surface area is 186 Å². The number of hydrogen-bond donors (Lipinski definition) is 2. The highest BCUT2D eigenvalue weighted by Crippen LogP contribution is 2.55. The lowest BCUT2D eigenvalue weighted by Crippen LogP contribution is -2.47. The fraction of sp³-hybridized carbons (Fsp3) is 0.381. The number of carbonyl (C=O) groups is 2. The SMILES string of the molecule is [2H]c1c(NC(=O)[C@@H]2O[C@](C)(C(F)(F)F)[C@H](C)[C@@H]2c2ccc(F)c(F)c2OC)ccnc1C(N)=O. The summed E-state index contributed by atoms with van der Waals surface area (Å²) in [4.78, 5) is 28.2. The molecule has 7 nitrogen and oxygen atoms in total. The van der Waals surface area contributed by atoms with Crippen LogP contribution in [0.15, 0.2) is 30.4 Å². The molecule has 178 valence electrons. The molecule has 0 spiro atoms. The van der Waals surface area contributed by atoms with E-state index in [1.807, 2.05) is 0 Å². The number of pyridine rings is 1. The second kappa shape index (κ2) is 8.58. The molecule has 2 aromatic rings. The Balaban J connectivity index is 2.11. The third kappa shape index (κ3) is 4.22. The van der Waals surface area contributed by atoms with E-state index in [-0.39, 0.29) is 11.3 Å². The Morgan fingerprint density at radius 2 is 1.97 bits per heavy atom. The van der Waals surface area contributed by atoms with Crippen LogP contribution in [0, 0.1) is 17.6 Å². The molecule has 3 N–H and O–H groups in total. The minimum atomic E-state index is -4.93. The summed E-state index contributed by atoms with van der Waals surface area (Å²) in [5.74, 6) is -8.43. The van der Waals surface area contributed by atoms with E-state index in [0.717, 1.165) is 32.4 Å². The van der Waals surface area contributed by atoms with E-state index in [2.05, 4.69) is 10.3 Å². The summed E-state index contributed by atoms with van der Waals surface area (Å²) in [5.41, 5.74) is 1.35. The topological polar surface area (TPSA) is 104 Å². The number of carbonyl (C=O) groups excluding carboxylic acids is 2. The van der Waals surface area contributed by atoms with Crippen LogP contribution >= 0.6 is 0 Å². The van der Waals surface area contributed by atoms with E-state index in [9.17, 15) is 31.5 Å². The van der Waals surface area contributed by atoms with Crippen molar-refractivity contribution in [2.45, 2.75) is 37.6 Å². The third-order valence-corrected chi connectivity index (χ3v) is 5.76. The van der Waals surface area contributed by atoms with Gasteiger partial charge < -0.3 is 20.5 Å². The second-order valence-electron chi connectivity index (χ2n) is 7.63. The highest BCUT2D eigenvalue weighted by Gasteiger charge is 2.65. The molecular weight excluding hydrogens is 453 g/mol. The van der Waals surface area contributed by atoms with Crippen molar-refractivity contribution in [1.29, 1.82) is 0 Å². The third-order valence-electron chi connectivity index (χ3n) is 5.76. The molecule has 1 aliphatic heterocycles. The van der Waals surface area contributed by atoms with Gasteiger partial charge >= 0.3 is 6.18 Å². The number of nitrogens with one attached hydrogen (secondary N) is 1. The van der Waals surface area contributed by atoms with Gasteiger partial charge in [0.05, 0.1) is 8.48 Å². The fourth-order valence-electron chi connectivity index (χ4n) is 3.83. The van der Waals surface area contributed by atoms with Crippen LogP contribution in [0.25, 0.3) is 0 Å². The highest BCUT2D eigenvalue weighted by molar-refractivity contribution is 5.97. The monoisotopic (exact) mass is 474 g/mol. The van der Waals surface area contributed by atoms with Crippen molar-refractivity contribution in [2.75, 3.05) is 12.4 Å². The van der Waals surface area contributed by atoms with Crippen molar-refractivity contribution >= 4 is 17.5 Å². The van der Waals surface area contributed by atoms with Crippen molar-refractivity contribution in [2.24, 2.45) is 11.7 Å². The molecule has 1 aromatic heterocycles. The molecule has 0 unspecified atom stereocenters. The Bertz CT molecular complexity index is 1150. The summed E-state index contributed by atoms with van der Waals surface area (Å²) in [5, 5.41) is 2.25. The number of alkyl halides is 3. The molecule has 1 fully saturated rings. The number of nitrogens with zero attached hydrogens (tertiary/aromatic N) is 1. The molecule has 0 bridgehead atoms. The lowest BCUT2D eigenvalue weighted by molar-refractivity contribution is -0.272. The molecule has 12 heteroatoms. The number of methoxy groups -OCH3 is 1. The molecule has 3 rings (SSSR count). The Hall–Kier alpha value is -3.28. The van der Waals surface area contributed by atoms with Crippen LogP contribution in [0.1, 0.15) is 37.2 Å². The smallest absolute Gasteiger partial charge is 0.417 e. The maximum absolute atomic E-state index is 14.4. The minimum absolute atomic E-state index is 0.208. The lowest BCUT2D eigenvalue weighted by Gasteiger charge is -2.32. The molecule has 1 saturated heterocycles. The van der Waals surface area contributed by atoms with Gasteiger partial charge in [0.25, 0.3) is 11.8 Å². The summed E-state index contributed by atoms with van der Waals surface area (Å²) < 4.78 is 88.2. The predicted octanol–water partition coefficient (Wildman–Crippen LogP) is 3.55. The predicted molar refractivity (Wildman–Crippen MR) is 106 cm³/mol. The van der Waals surface area contributed by atoms with Crippen LogP contribution in [-0.4, -0.2) is 41.8 Å². The van der Waals surface area contributed by atoms with Gasteiger partial charge in [-0.25, -0.2) is 4.39 Å². The maximum Gasteiger partial charge on any atom is 0.417 e. The molecule has 2 amide bonds. The standard InChI is InChI=1S/C21H20F5N3O4/c1-9-14(11-4-5-12(22)15(23)16(11)32-3)17(33-20(9,2)21(24,25)26)19(31)29-10-6-7-28-13(8-10)18(27)30/h4-9,14,17H,1-3H3,(H2,27,30)(H,28,29,31)/t9-,14-,17-,20+/m1/s1/i8D. The number of nitrogens with two attached hydrogens (primary N) is 1. The summed E-state index contributed by atoms with van der Waals surface area (Å²) in [6, 6.07) is 2.32. The van der Waals surface area contributed by atoms with Crippen molar-refractivity contribution in [1.82, 2.24) is 4.98 Å². The second-order valence-corrected chi connectivity index (χ2v) is 7.63. The first kappa shape index (κ1) is 22.9. The van der Waals surface area contributed by atoms with Gasteiger partial charge in [-0.05, 0) is 25.1 Å². The Morgan fingerprint density at radius 1 is 1.30 bits per heavy atom. The first-order chi connectivity index (χ1) is 15.7. The molecule has 1 aliphatic rings. The Morgan fingerprint density at radius 3 is 2.55 bits per heavy atom.